The van der Waals surface area contributed by atoms with Crippen LogP contribution in [0.1, 0.15) is 21.5 Å². The summed E-state index contributed by atoms with van der Waals surface area (Å²) in [4.78, 5) is 12.9. The smallest absolute Gasteiger partial charge is 0.261 e. The van der Waals surface area contributed by atoms with Crippen molar-refractivity contribution in [3.05, 3.63) is 113 Å². The molecule has 0 saturated heterocycles. The van der Waals surface area contributed by atoms with Gasteiger partial charge in [-0.3, -0.25) is 14.2 Å². The van der Waals surface area contributed by atoms with E-state index >= 15 is 0 Å². The molecule has 8 nitrogen and oxygen atoms in total. The minimum Gasteiger partial charge on any atom is -0.322 e. The number of carbonyl (C=O) groups excluding carboxylic acids is 1. The molecule has 0 aliphatic rings. The number of carbonyl (C=O) groups is 1. The molecule has 1 amide bonds. The van der Waals surface area contributed by atoms with Crippen LogP contribution in [-0.2, 0) is 20.0 Å². The molecule has 0 radical (unpaired) electrons. The molecule has 4 aromatic rings. The monoisotopic (exact) mass is 569 g/mol. The molecule has 0 aromatic heterocycles. The second kappa shape index (κ2) is 10.9. The van der Waals surface area contributed by atoms with E-state index in [9.17, 15) is 21.6 Å². The number of amides is 1. The second-order valence-electron chi connectivity index (χ2n) is 8.52. The van der Waals surface area contributed by atoms with Crippen LogP contribution in [0.15, 0.2) is 101 Å². The maximum atomic E-state index is 12.8. The van der Waals surface area contributed by atoms with Crippen LogP contribution in [0.2, 0.25) is 5.02 Å². The Kier molecular flexibility index (Phi) is 7.77. The van der Waals surface area contributed by atoms with Crippen molar-refractivity contribution in [1.29, 1.82) is 0 Å². The zero-order chi connectivity index (χ0) is 27.5. The van der Waals surface area contributed by atoms with E-state index in [1.165, 1.54) is 54.6 Å². The molecule has 0 unspecified atom stereocenters. The summed E-state index contributed by atoms with van der Waals surface area (Å²) in [5.41, 5.74) is 2.89. The summed E-state index contributed by atoms with van der Waals surface area (Å²) in [6.45, 7) is 3.69. The van der Waals surface area contributed by atoms with E-state index in [0.717, 1.165) is 11.1 Å². The predicted molar refractivity (Wildman–Crippen MR) is 150 cm³/mol. The number of rotatable bonds is 8. The lowest BCUT2D eigenvalue weighted by Gasteiger charge is -2.13. The van der Waals surface area contributed by atoms with E-state index in [1.54, 1.807) is 24.3 Å². The van der Waals surface area contributed by atoms with E-state index in [-0.39, 0.29) is 26.1 Å². The summed E-state index contributed by atoms with van der Waals surface area (Å²) in [6.07, 6.45) is 0. The number of sulfonamides is 2. The fourth-order valence-electron chi connectivity index (χ4n) is 3.51. The first-order chi connectivity index (χ1) is 17.9. The van der Waals surface area contributed by atoms with Gasteiger partial charge in [0, 0.05) is 11.3 Å². The molecule has 0 heterocycles. The molecule has 0 aliphatic carbocycles. The fourth-order valence-corrected chi connectivity index (χ4v) is 6.02. The van der Waals surface area contributed by atoms with Gasteiger partial charge in [0.05, 0.1) is 26.2 Å². The fraction of sp³-hybridized carbons (Fsp3) is 0.0741. The first-order valence-electron chi connectivity index (χ1n) is 11.3. The van der Waals surface area contributed by atoms with Crippen molar-refractivity contribution in [2.45, 2.75) is 23.6 Å². The Hall–Kier alpha value is -3.86. The van der Waals surface area contributed by atoms with Gasteiger partial charge in [-0.25, -0.2) is 16.8 Å². The van der Waals surface area contributed by atoms with Crippen molar-refractivity contribution in [3.8, 4) is 0 Å². The van der Waals surface area contributed by atoms with Crippen LogP contribution >= 0.6 is 11.6 Å². The quantitative estimate of drug-likeness (QED) is 0.247. The van der Waals surface area contributed by atoms with E-state index in [2.05, 4.69) is 14.8 Å². The number of anilines is 3. The molecule has 4 aromatic carbocycles. The number of hydrogen-bond donors (Lipinski definition) is 3. The third kappa shape index (κ3) is 6.34. The maximum absolute atomic E-state index is 12.8. The summed E-state index contributed by atoms with van der Waals surface area (Å²) in [7, 11) is -7.68. The van der Waals surface area contributed by atoms with Gasteiger partial charge >= 0.3 is 0 Å². The lowest BCUT2D eigenvalue weighted by molar-refractivity contribution is 0.102. The molecule has 0 saturated carbocycles. The Balaban J connectivity index is 1.45. The number of benzene rings is 4. The minimum atomic E-state index is -3.85. The van der Waals surface area contributed by atoms with Crippen LogP contribution in [0.5, 0.6) is 0 Å². The molecule has 11 heteroatoms. The molecule has 0 bridgehead atoms. The van der Waals surface area contributed by atoms with Crippen molar-refractivity contribution in [2.24, 2.45) is 0 Å². The first-order valence-corrected chi connectivity index (χ1v) is 14.7. The van der Waals surface area contributed by atoms with E-state index < -0.39 is 26.0 Å². The lowest BCUT2D eigenvalue weighted by Crippen LogP contribution is -2.15. The highest BCUT2D eigenvalue weighted by molar-refractivity contribution is 7.93. The number of nitrogens with one attached hydrogen (secondary N) is 3. The van der Waals surface area contributed by atoms with Crippen molar-refractivity contribution in [3.63, 3.8) is 0 Å². The average Bonchev–Trinajstić information content (AvgIpc) is 2.88. The van der Waals surface area contributed by atoms with Gasteiger partial charge in [0.15, 0.2) is 0 Å². The molecule has 0 spiro atoms. The van der Waals surface area contributed by atoms with Crippen molar-refractivity contribution >= 4 is 54.6 Å². The van der Waals surface area contributed by atoms with Crippen LogP contribution in [0, 0.1) is 13.8 Å². The molecule has 4 rings (SSSR count). The Morgan fingerprint density at radius 1 is 0.684 bits per heavy atom. The van der Waals surface area contributed by atoms with Crippen molar-refractivity contribution < 1.29 is 21.6 Å². The van der Waals surface area contributed by atoms with Gasteiger partial charge < -0.3 is 5.32 Å². The Labute approximate surface area is 226 Å². The molecular weight excluding hydrogens is 546 g/mol. The summed E-state index contributed by atoms with van der Waals surface area (Å²) < 4.78 is 55.7. The normalized spacial score (nSPS) is 11.6. The van der Waals surface area contributed by atoms with Crippen LogP contribution < -0.4 is 14.8 Å². The van der Waals surface area contributed by atoms with Gasteiger partial charge in [-0.05, 0) is 85.6 Å². The Bertz CT molecular complexity index is 1710. The standard InChI is InChI=1S/C27H24ClN3O5S2/c1-18-8-9-19(2)26(16-18)31-38(35,36)23-13-11-21(12-14-23)29-27(32)20-10-15-25(24(28)17-20)30-37(33,34)22-6-4-3-5-7-22/h3-17,30-31H,1-2H3,(H,29,32). The van der Waals surface area contributed by atoms with Gasteiger partial charge in [0.2, 0.25) is 0 Å². The van der Waals surface area contributed by atoms with Gasteiger partial charge in [0.1, 0.15) is 0 Å². The number of hydrogen-bond acceptors (Lipinski definition) is 5. The maximum Gasteiger partial charge on any atom is 0.261 e. The first kappa shape index (κ1) is 27.2. The third-order valence-electron chi connectivity index (χ3n) is 5.59. The lowest BCUT2D eigenvalue weighted by atomic mass is 10.1. The van der Waals surface area contributed by atoms with E-state index in [4.69, 9.17) is 11.6 Å². The molecule has 0 atom stereocenters. The third-order valence-corrected chi connectivity index (χ3v) is 8.66. The zero-order valence-electron chi connectivity index (χ0n) is 20.4. The molecule has 38 heavy (non-hydrogen) atoms. The van der Waals surface area contributed by atoms with Gasteiger partial charge in [-0.15, -0.1) is 0 Å². The average molecular weight is 570 g/mol. The minimum absolute atomic E-state index is 0.0366. The molecular formula is C27H24ClN3O5S2. The van der Waals surface area contributed by atoms with Crippen molar-refractivity contribution in [2.75, 3.05) is 14.8 Å². The SMILES string of the molecule is Cc1ccc(C)c(NS(=O)(=O)c2ccc(NC(=O)c3ccc(NS(=O)(=O)c4ccccc4)c(Cl)c3)cc2)c1. The van der Waals surface area contributed by atoms with E-state index in [0.29, 0.717) is 11.4 Å². The van der Waals surface area contributed by atoms with Gasteiger partial charge in [-0.2, -0.15) is 0 Å². The summed E-state index contributed by atoms with van der Waals surface area (Å²) >= 11 is 6.25. The molecule has 0 fully saturated rings. The van der Waals surface area contributed by atoms with Crippen LogP contribution in [0.25, 0.3) is 0 Å². The zero-order valence-corrected chi connectivity index (χ0v) is 22.8. The topological polar surface area (TPSA) is 121 Å². The highest BCUT2D eigenvalue weighted by atomic mass is 35.5. The van der Waals surface area contributed by atoms with E-state index in [1.807, 2.05) is 26.0 Å². The van der Waals surface area contributed by atoms with Gasteiger partial charge in [-0.1, -0.05) is 41.9 Å². The van der Waals surface area contributed by atoms with Crippen molar-refractivity contribution in [1.82, 2.24) is 0 Å². The number of aryl methyl sites for hydroxylation is 2. The molecule has 3 N–H and O–H groups in total. The van der Waals surface area contributed by atoms with Crippen LogP contribution in [-0.4, -0.2) is 22.7 Å². The molecule has 196 valence electrons. The highest BCUT2D eigenvalue weighted by Crippen LogP contribution is 2.27. The van der Waals surface area contributed by atoms with Gasteiger partial charge in [0.25, 0.3) is 26.0 Å². The predicted octanol–water partition coefficient (Wildman–Crippen LogP) is 5.81. The van der Waals surface area contributed by atoms with Crippen LogP contribution in [0.3, 0.4) is 0 Å². The summed E-state index contributed by atoms with van der Waals surface area (Å²) in [6, 6.07) is 23.2. The highest BCUT2D eigenvalue weighted by Gasteiger charge is 2.18. The number of halogens is 1. The Morgan fingerprint density at radius 3 is 1.92 bits per heavy atom. The van der Waals surface area contributed by atoms with Crippen LogP contribution in [0.4, 0.5) is 17.1 Å². The Morgan fingerprint density at radius 2 is 1.29 bits per heavy atom. The largest absolute Gasteiger partial charge is 0.322 e. The summed E-state index contributed by atoms with van der Waals surface area (Å²) in [5.74, 6) is -0.506. The molecule has 0 aliphatic heterocycles. The second-order valence-corrected chi connectivity index (χ2v) is 12.3. The summed E-state index contributed by atoms with van der Waals surface area (Å²) in [5, 5.41) is 2.71.